The van der Waals surface area contributed by atoms with E-state index in [9.17, 15) is 8.78 Å². The molecule has 2 nitrogen and oxygen atoms in total. The summed E-state index contributed by atoms with van der Waals surface area (Å²) in [5.41, 5.74) is 0.179. The lowest BCUT2D eigenvalue weighted by Gasteiger charge is -2.34. The van der Waals surface area contributed by atoms with Gasteiger partial charge in [0.05, 0.1) is 4.47 Å². The first-order valence-electron chi connectivity index (χ1n) is 6.70. The molecule has 0 aromatic heterocycles. The summed E-state index contributed by atoms with van der Waals surface area (Å²) < 4.78 is 28.0. The molecule has 2 atom stereocenters. The van der Waals surface area contributed by atoms with Crippen molar-refractivity contribution in [3.05, 3.63) is 33.8 Å². The minimum absolute atomic E-state index is 0.179. The van der Waals surface area contributed by atoms with Gasteiger partial charge in [-0.1, -0.05) is 0 Å². The normalized spacial score (nSPS) is 27.5. The number of hydrogen-bond acceptors (Lipinski definition) is 2. The zero-order valence-corrected chi connectivity index (χ0v) is 12.2. The van der Waals surface area contributed by atoms with Crippen molar-refractivity contribution in [3.8, 4) is 0 Å². The Morgan fingerprint density at radius 3 is 2.89 bits per heavy atom. The average Bonchev–Trinajstić information content (AvgIpc) is 2.86. The summed E-state index contributed by atoms with van der Waals surface area (Å²) in [4.78, 5) is 2.17. The first-order chi connectivity index (χ1) is 9.15. The fourth-order valence-corrected chi connectivity index (χ4v) is 3.56. The number of likely N-dealkylation sites (tertiary alicyclic amines) is 1. The average molecular weight is 331 g/mol. The van der Waals surface area contributed by atoms with Gasteiger partial charge in [0.1, 0.15) is 11.6 Å². The molecule has 2 aliphatic heterocycles. The number of nitrogens with zero attached hydrogens (tertiary/aromatic N) is 1. The molecule has 0 saturated carbocycles. The van der Waals surface area contributed by atoms with Crippen molar-refractivity contribution >= 4 is 15.9 Å². The van der Waals surface area contributed by atoms with Crippen molar-refractivity contribution < 1.29 is 8.78 Å². The summed E-state index contributed by atoms with van der Waals surface area (Å²) in [6.07, 6.45) is 1.12. The predicted octanol–water partition coefficient (Wildman–Crippen LogP) is 2.77. The van der Waals surface area contributed by atoms with Gasteiger partial charge in [0, 0.05) is 18.7 Å². The number of rotatable bonds is 2. The Labute approximate surface area is 120 Å². The molecule has 19 heavy (non-hydrogen) atoms. The second-order valence-electron chi connectivity index (χ2n) is 5.52. The van der Waals surface area contributed by atoms with Gasteiger partial charge in [-0.05, 0) is 66.0 Å². The smallest absolute Gasteiger partial charge is 0.144 e. The van der Waals surface area contributed by atoms with Gasteiger partial charge in [-0.2, -0.15) is 0 Å². The Hall–Kier alpha value is -0.520. The van der Waals surface area contributed by atoms with E-state index in [1.807, 2.05) is 0 Å². The molecule has 2 aliphatic rings. The maximum atomic E-state index is 14.0. The van der Waals surface area contributed by atoms with E-state index in [4.69, 9.17) is 0 Å². The topological polar surface area (TPSA) is 15.3 Å². The molecule has 2 saturated heterocycles. The van der Waals surface area contributed by atoms with Gasteiger partial charge in [-0.15, -0.1) is 0 Å². The fraction of sp³-hybridized carbons (Fsp3) is 0.571. The lowest BCUT2D eigenvalue weighted by molar-refractivity contribution is 0.139. The third-order valence-corrected chi connectivity index (χ3v) is 4.92. The number of fused-ring (bicyclic) bond motifs is 1. The van der Waals surface area contributed by atoms with Crippen LogP contribution in [0.1, 0.15) is 12.0 Å². The summed E-state index contributed by atoms with van der Waals surface area (Å²) in [7, 11) is 0. The second-order valence-corrected chi connectivity index (χ2v) is 6.38. The van der Waals surface area contributed by atoms with Gasteiger partial charge in [0.15, 0.2) is 0 Å². The predicted molar refractivity (Wildman–Crippen MR) is 73.8 cm³/mol. The Morgan fingerprint density at radius 2 is 2.05 bits per heavy atom. The van der Waals surface area contributed by atoms with E-state index in [0.29, 0.717) is 16.9 Å². The van der Waals surface area contributed by atoms with Gasteiger partial charge < -0.3 is 5.32 Å². The SMILES string of the molecule is Fc1ccc(Br)c(F)c1CN1CCC2CNCC2C1. The van der Waals surface area contributed by atoms with Crippen LogP contribution in [0.4, 0.5) is 8.78 Å². The van der Waals surface area contributed by atoms with Gasteiger partial charge in [-0.3, -0.25) is 4.90 Å². The highest BCUT2D eigenvalue weighted by Gasteiger charge is 2.33. The molecule has 0 bridgehead atoms. The van der Waals surface area contributed by atoms with Crippen molar-refractivity contribution in [2.75, 3.05) is 26.2 Å². The molecule has 104 valence electrons. The van der Waals surface area contributed by atoms with Crippen molar-refractivity contribution in [1.29, 1.82) is 0 Å². The van der Waals surface area contributed by atoms with Crippen LogP contribution in [-0.2, 0) is 6.54 Å². The van der Waals surface area contributed by atoms with Crippen LogP contribution in [0.3, 0.4) is 0 Å². The highest BCUT2D eigenvalue weighted by Crippen LogP contribution is 2.29. The molecule has 2 unspecified atom stereocenters. The van der Waals surface area contributed by atoms with E-state index in [1.165, 1.54) is 12.1 Å². The Morgan fingerprint density at radius 1 is 1.26 bits per heavy atom. The molecule has 2 fully saturated rings. The van der Waals surface area contributed by atoms with E-state index in [1.54, 1.807) is 0 Å². The standard InChI is InChI=1S/C14H17BrF2N2/c15-12-1-2-13(16)11(14(12)17)8-19-4-3-9-5-18-6-10(9)7-19/h1-2,9-10,18H,3-8H2. The quantitative estimate of drug-likeness (QED) is 0.839. The van der Waals surface area contributed by atoms with E-state index >= 15 is 0 Å². The van der Waals surface area contributed by atoms with E-state index in [2.05, 4.69) is 26.1 Å². The van der Waals surface area contributed by atoms with Gasteiger partial charge >= 0.3 is 0 Å². The summed E-state index contributed by atoms with van der Waals surface area (Å²) in [5, 5.41) is 3.40. The number of benzene rings is 1. The summed E-state index contributed by atoms with van der Waals surface area (Å²) in [5.74, 6) is 0.458. The fourth-order valence-electron chi connectivity index (χ4n) is 3.19. The molecule has 1 N–H and O–H groups in total. The molecular formula is C14H17BrF2N2. The minimum atomic E-state index is -0.466. The maximum Gasteiger partial charge on any atom is 0.144 e. The molecule has 0 amide bonds. The molecule has 0 aliphatic carbocycles. The second kappa shape index (κ2) is 5.46. The molecular weight excluding hydrogens is 314 g/mol. The number of nitrogens with one attached hydrogen (secondary N) is 1. The maximum absolute atomic E-state index is 14.0. The van der Waals surface area contributed by atoms with Crippen LogP contribution in [0.15, 0.2) is 16.6 Å². The van der Waals surface area contributed by atoms with Crippen LogP contribution < -0.4 is 5.32 Å². The van der Waals surface area contributed by atoms with Crippen molar-refractivity contribution in [3.63, 3.8) is 0 Å². The Kier molecular flexibility index (Phi) is 3.87. The van der Waals surface area contributed by atoms with Crippen molar-refractivity contribution in [2.24, 2.45) is 11.8 Å². The molecule has 1 aromatic carbocycles. The number of halogens is 3. The zero-order chi connectivity index (χ0) is 13.4. The van der Waals surface area contributed by atoms with Crippen LogP contribution in [-0.4, -0.2) is 31.1 Å². The minimum Gasteiger partial charge on any atom is -0.316 e. The highest BCUT2D eigenvalue weighted by molar-refractivity contribution is 9.10. The third-order valence-electron chi connectivity index (χ3n) is 4.31. The molecule has 2 heterocycles. The highest BCUT2D eigenvalue weighted by atomic mass is 79.9. The molecule has 1 aromatic rings. The van der Waals surface area contributed by atoms with Gasteiger partial charge in [0.25, 0.3) is 0 Å². The van der Waals surface area contributed by atoms with Crippen LogP contribution in [0.25, 0.3) is 0 Å². The largest absolute Gasteiger partial charge is 0.316 e. The zero-order valence-electron chi connectivity index (χ0n) is 10.6. The third kappa shape index (κ3) is 2.69. The van der Waals surface area contributed by atoms with Crippen LogP contribution in [0.5, 0.6) is 0 Å². The summed E-state index contributed by atoms with van der Waals surface area (Å²) in [6, 6.07) is 2.74. The van der Waals surface area contributed by atoms with Crippen LogP contribution >= 0.6 is 15.9 Å². The van der Waals surface area contributed by atoms with Gasteiger partial charge in [0.2, 0.25) is 0 Å². The molecule has 3 rings (SSSR count). The molecule has 0 radical (unpaired) electrons. The first kappa shape index (κ1) is 13.5. The lowest BCUT2D eigenvalue weighted by atomic mass is 9.88. The van der Waals surface area contributed by atoms with E-state index in [0.717, 1.165) is 38.5 Å². The molecule has 5 heteroatoms. The Balaban J connectivity index is 1.73. The van der Waals surface area contributed by atoms with E-state index in [-0.39, 0.29) is 5.56 Å². The monoisotopic (exact) mass is 330 g/mol. The van der Waals surface area contributed by atoms with E-state index < -0.39 is 11.6 Å². The van der Waals surface area contributed by atoms with Crippen molar-refractivity contribution in [2.45, 2.75) is 13.0 Å². The number of hydrogen-bond donors (Lipinski definition) is 1. The van der Waals surface area contributed by atoms with Crippen LogP contribution in [0.2, 0.25) is 0 Å². The lowest BCUT2D eigenvalue weighted by Crippen LogP contribution is -2.39. The molecule has 0 spiro atoms. The summed E-state index contributed by atoms with van der Waals surface area (Å²) >= 11 is 3.12. The Bertz CT molecular complexity index is 481. The summed E-state index contributed by atoms with van der Waals surface area (Å²) in [6.45, 7) is 4.35. The van der Waals surface area contributed by atoms with Gasteiger partial charge in [-0.25, -0.2) is 8.78 Å². The first-order valence-corrected chi connectivity index (χ1v) is 7.50. The van der Waals surface area contributed by atoms with Crippen molar-refractivity contribution in [1.82, 2.24) is 10.2 Å². The number of piperidine rings is 1. The van der Waals surface area contributed by atoms with Crippen LogP contribution in [0, 0.1) is 23.5 Å².